The number of nitrogens with two attached hydrogens (primary N) is 1. The highest BCUT2D eigenvalue weighted by Gasteiger charge is 2.16. The van der Waals surface area contributed by atoms with Crippen LogP contribution in [0.2, 0.25) is 10.0 Å². The maximum absolute atomic E-state index is 12.0. The molecule has 4 nitrogen and oxygen atoms in total. The molecule has 0 heterocycles. The van der Waals surface area contributed by atoms with E-state index >= 15 is 0 Å². The van der Waals surface area contributed by atoms with Crippen molar-refractivity contribution in [2.45, 2.75) is 6.92 Å². The Morgan fingerprint density at radius 1 is 1.47 bits per heavy atom. The lowest BCUT2D eigenvalue weighted by molar-refractivity contribution is 0.0732. The second-order valence-corrected chi connectivity index (χ2v) is 4.25. The molecule has 0 aliphatic heterocycles. The number of benzene rings is 1. The van der Waals surface area contributed by atoms with Crippen LogP contribution in [0.5, 0.6) is 0 Å². The van der Waals surface area contributed by atoms with Crippen LogP contribution in [0.1, 0.15) is 17.3 Å². The van der Waals surface area contributed by atoms with Crippen LogP contribution in [0.25, 0.3) is 0 Å². The van der Waals surface area contributed by atoms with Gasteiger partial charge in [-0.3, -0.25) is 4.79 Å². The fourth-order valence-electron chi connectivity index (χ4n) is 1.44. The van der Waals surface area contributed by atoms with E-state index in [0.717, 1.165) is 0 Å². The normalized spacial score (nSPS) is 10.4. The van der Waals surface area contributed by atoms with Gasteiger partial charge in [0.15, 0.2) is 0 Å². The van der Waals surface area contributed by atoms with Crippen molar-refractivity contribution in [2.24, 2.45) is 0 Å². The fraction of sp³-hybridized carbons (Fsp3) is 0.364. The van der Waals surface area contributed by atoms with Crippen LogP contribution in [0.3, 0.4) is 0 Å². The molecule has 3 N–H and O–H groups in total. The first-order valence-electron chi connectivity index (χ1n) is 5.15. The number of aliphatic hydroxyl groups is 1. The van der Waals surface area contributed by atoms with E-state index in [4.69, 9.17) is 34.0 Å². The number of carbonyl (C=O) groups excluding carboxylic acids is 1. The number of halogens is 2. The topological polar surface area (TPSA) is 66.6 Å². The summed E-state index contributed by atoms with van der Waals surface area (Å²) in [6.45, 7) is 2.51. The maximum Gasteiger partial charge on any atom is 0.254 e. The molecule has 1 rings (SSSR count). The summed E-state index contributed by atoms with van der Waals surface area (Å²) in [5.74, 6) is -0.230. The molecule has 0 atom stereocenters. The van der Waals surface area contributed by atoms with Crippen LogP contribution in [-0.2, 0) is 0 Å². The second kappa shape index (κ2) is 6.10. The molecule has 94 valence electrons. The van der Waals surface area contributed by atoms with E-state index in [1.807, 2.05) is 6.92 Å². The Morgan fingerprint density at radius 3 is 2.59 bits per heavy atom. The van der Waals surface area contributed by atoms with Crippen molar-refractivity contribution >= 4 is 34.8 Å². The molecule has 1 aromatic carbocycles. The van der Waals surface area contributed by atoms with E-state index in [9.17, 15) is 4.79 Å². The molecule has 0 spiro atoms. The predicted octanol–water partition coefficient (Wildman–Crippen LogP) is 2.03. The summed E-state index contributed by atoms with van der Waals surface area (Å²) in [7, 11) is 0. The lowest BCUT2D eigenvalue weighted by Gasteiger charge is -2.20. The molecule has 0 saturated carbocycles. The van der Waals surface area contributed by atoms with Crippen molar-refractivity contribution in [2.75, 3.05) is 25.4 Å². The zero-order valence-electron chi connectivity index (χ0n) is 9.41. The summed E-state index contributed by atoms with van der Waals surface area (Å²) >= 11 is 11.7. The molecular formula is C11H14Cl2N2O2. The zero-order chi connectivity index (χ0) is 13.0. The molecule has 0 bridgehead atoms. The first kappa shape index (κ1) is 14.1. The highest BCUT2D eigenvalue weighted by molar-refractivity contribution is 6.43. The predicted molar refractivity (Wildman–Crippen MR) is 69.5 cm³/mol. The van der Waals surface area contributed by atoms with E-state index < -0.39 is 0 Å². The van der Waals surface area contributed by atoms with E-state index in [1.165, 1.54) is 17.0 Å². The molecule has 17 heavy (non-hydrogen) atoms. The van der Waals surface area contributed by atoms with Crippen molar-refractivity contribution in [3.05, 3.63) is 27.7 Å². The average molecular weight is 277 g/mol. The first-order chi connectivity index (χ1) is 8.01. The van der Waals surface area contributed by atoms with Gasteiger partial charge in [-0.1, -0.05) is 23.2 Å². The van der Waals surface area contributed by atoms with Gasteiger partial charge in [0.1, 0.15) is 0 Å². The highest BCUT2D eigenvalue weighted by Crippen LogP contribution is 2.29. The van der Waals surface area contributed by atoms with Gasteiger partial charge in [0.2, 0.25) is 0 Å². The smallest absolute Gasteiger partial charge is 0.254 e. The van der Waals surface area contributed by atoms with Crippen molar-refractivity contribution in [3.8, 4) is 0 Å². The number of hydrogen-bond donors (Lipinski definition) is 2. The summed E-state index contributed by atoms with van der Waals surface area (Å²) < 4.78 is 0. The van der Waals surface area contributed by atoms with Crippen molar-refractivity contribution in [3.63, 3.8) is 0 Å². The maximum atomic E-state index is 12.0. The van der Waals surface area contributed by atoms with E-state index in [0.29, 0.717) is 12.1 Å². The van der Waals surface area contributed by atoms with E-state index in [2.05, 4.69) is 0 Å². The molecule has 0 aromatic heterocycles. The van der Waals surface area contributed by atoms with Gasteiger partial charge >= 0.3 is 0 Å². The zero-order valence-corrected chi connectivity index (χ0v) is 10.9. The molecule has 0 aliphatic rings. The average Bonchev–Trinajstić information content (AvgIpc) is 2.31. The minimum absolute atomic E-state index is 0.0869. The van der Waals surface area contributed by atoms with E-state index in [-0.39, 0.29) is 34.8 Å². The van der Waals surface area contributed by atoms with E-state index in [1.54, 1.807) is 0 Å². The number of nitrogens with zero attached hydrogens (tertiary/aromatic N) is 1. The minimum Gasteiger partial charge on any atom is -0.397 e. The lowest BCUT2D eigenvalue weighted by Crippen LogP contribution is -2.33. The quantitative estimate of drug-likeness (QED) is 0.827. The van der Waals surface area contributed by atoms with Crippen LogP contribution in [-0.4, -0.2) is 35.6 Å². The molecule has 6 heteroatoms. The molecule has 0 radical (unpaired) electrons. The minimum atomic E-state index is -0.230. The first-order valence-corrected chi connectivity index (χ1v) is 5.91. The summed E-state index contributed by atoms with van der Waals surface area (Å²) in [5.41, 5.74) is 6.27. The van der Waals surface area contributed by atoms with Gasteiger partial charge in [0.05, 0.1) is 22.3 Å². The number of hydrogen-bond acceptors (Lipinski definition) is 3. The largest absolute Gasteiger partial charge is 0.397 e. The molecule has 0 unspecified atom stereocenters. The third kappa shape index (κ3) is 3.25. The fourth-order valence-corrected chi connectivity index (χ4v) is 1.78. The van der Waals surface area contributed by atoms with Gasteiger partial charge < -0.3 is 15.7 Å². The van der Waals surface area contributed by atoms with Crippen LogP contribution in [0.4, 0.5) is 5.69 Å². The number of nitrogen functional groups attached to an aromatic ring is 1. The van der Waals surface area contributed by atoms with Gasteiger partial charge in [-0.05, 0) is 19.1 Å². The van der Waals surface area contributed by atoms with Crippen LogP contribution in [0, 0.1) is 0 Å². The molecule has 0 aliphatic carbocycles. The van der Waals surface area contributed by atoms with Crippen LogP contribution >= 0.6 is 23.2 Å². The van der Waals surface area contributed by atoms with Crippen LogP contribution in [0.15, 0.2) is 12.1 Å². The Hall–Kier alpha value is -0.970. The van der Waals surface area contributed by atoms with Gasteiger partial charge in [-0.25, -0.2) is 0 Å². The molecule has 1 amide bonds. The Kier molecular flexibility index (Phi) is 5.05. The summed E-state index contributed by atoms with van der Waals surface area (Å²) in [6, 6.07) is 2.96. The van der Waals surface area contributed by atoms with Crippen molar-refractivity contribution < 1.29 is 9.90 Å². The summed E-state index contributed by atoms with van der Waals surface area (Å²) in [4.78, 5) is 13.5. The van der Waals surface area contributed by atoms with Crippen molar-refractivity contribution in [1.29, 1.82) is 0 Å². The molecule has 0 fully saturated rings. The monoisotopic (exact) mass is 276 g/mol. The van der Waals surface area contributed by atoms with Gasteiger partial charge in [-0.2, -0.15) is 0 Å². The Bertz CT molecular complexity index is 401. The highest BCUT2D eigenvalue weighted by atomic mass is 35.5. The Labute approximate surface area is 110 Å². The van der Waals surface area contributed by atoms with Crippen molar-refractivity contribution in [1.82, 2.24) is 4.90 Å². The van der Waals surface area contributed by atoms with Crippen LogP contribution < -0.4 is 5.73 Å². The third-order valence-corrected chi connectivity index (χ3v) is 3.16. The molecule has 1 aromatic rings. The number of amides is 1. The Morgan fingerprint density at radius 2 is 2.12 bits per heavy atom. The van der Waals surface area contributed by atoms with Gasteiger partial charge in [-0.15, -0.1) is 0 Å². The number of anilines is 1. The number of rotatable bonds is 4. The molecular weight excluding hydrogens is 263 g/mol. The SMILES string of the molecule is CCN(CCO)C(=O)c1cc(N)c(Cl)c(Cl)c1. The van der Waals surface area contributed by atoms with Gasteiger partial charge in [0.25, 0.3) is 5.91 Å². The number of aliphatic hydroxyl groups excluding tert-OH is 1. The van der Waals surface area contributed by atoms with Gasteiger partial charge in [0, 0.05) is 18.7 Å². The molecule has 0 saturated heterocycles. The number of likely N-dealkylation sites (N-methyl/N-ethyl adjacent to an activating group) is 1. The lowest BCUT2D eigenvalue weighted by atomic mass is 10.1. The summed E-state index contributed by atoms with van der Waals surface area (Å²) in [5, 5.41) is 9.34. The standard InChI is InChI=1S/C11H14Cl2N2O2/c1-2-15(3-4-16)11(17)7-5-8(12)10(13)9(14)6-7/h5-6,16H,2-4,14H2,1H3. The Balaban J connectivity index is 3.03. The third-order valence-electron chi connectivity index (χ3n) is 2.34. The number of carbonyl (C=O) groups is 1. The second-order valence-electron chi connectivity index (χ2n) is 3.47. The summed E-state index contributed by atoms with van der Waals surface area (Å²) in [6.07, 6.45) is 0.